The second-order valence-electron chi connectivity index (χ2n) is 5.52. The fourth-order valence-corrected chi connectivity index (χ4v) is 3.19. The summed E-state index contributed by atoms with van der Waals surface area (Å²) < 4.78 is 0. The first kappa shape index (κ1) is 17.8. The number of rotatable bonds is 9. The van der Waals surface area contributed by atoms with Crippen LogP contribution in [-0.2, 0) is 17.6 Å². The van der Waals surface area contributed by atoms with Gasteiger partial charge >= 0.3 is 0 Å². The topological polar surface area (TPSA) is 33.2 Å². The highest BCUT2D eigenvalue weighted by molar-refractivity contribution is 5.89. The predicted octanol–water partition coefficient (Wildman–Crippen LogP) is 3.66. The van der Waals surface area contributed by atoms with Crippen LogP contribution >= 0.6 is 0 Å². The van der Waals surface area contributed by atoms with E-state index in [4.69, 9.17) is 0 Å². The molecule has 1 aromatic heterocycles. The van der Waals surface area contributed by atoms with E-state index in [9.17, 15) is 4.79 Å². The molecule has 0 aliphatic heterocycles. The normalized spacial score (nSPS) is 11.9. The van der Waals surface area contributed by atoms with Crippen LogP contribution in [0.25, 0.3) is 0 Å². The number of carbonyl (C=O) groups excluding carboxylic acids is 1. The monoisotopic (exact) mass is 290 g/mol. The van der Waals surface area contributed by atoms with Crippen molar-refractivity contribution in [1.29, 1.82) is 0 Å². The number of ketones is 1. The van der Waals surface area contributed by atoms with Crippen LogP contribution in [0.2, 0.25) is 0 Å². The second kappa shape index (κ2) is 8.28. The smallest absolute Gasteiger partial charge is 0.158 e. The van der Waals surface area contributed by atoms with Crippen LogP contribution in [0.15, 0.2) is 18.3 Å². The minimum Gasteiger partial charge on any atom is -0.297 e. The van der Waals surface area contributed by atoms with E-state index in [-0.39, 0.29) is 5.54 Å². The van der Waals surface area contributed by atoms with E-state index in [2.05, 4.69) is 50.6 Å². The first-order chi connectivity index (χ1) is 10.1. The molecule has 0 unspecified atom stereocenters. The van der Waals surface area contributed by atoms with Gasteiger partial charge in [-0.05, 0) is 44.0 Å². The van der Waals surface area contributed by atoms with Gasteiger partial charge in [0, 0.05) is 11.9 Å². The Kier molecular flexibility index (Phi) is 7.03. The molecule has 3 nitrogen and oxygen atoms in total. The molecule has 1 aromatic rings. The summed E-state index contributed by atoms with van der Waals surface area (Å²) in [5.41, 5.74) is 1.76. The Hall–Kier alpha value is -1.22. The van der Waals surface area contributed by atoms with Crippen molar-refractivity contribution < 1.29 is 4.79 Å². The molecule has 0 saturated carbocycles. The molecule has 0 spiro atoms. The van der Waals surface area contributed by atoms with Crippen molar-refractivity contribution in [2.45, 2.75) is 65.8 Å². The zero-order valence-corrected chi connectivity index (χ0v) is 14.3. The van der Waals surface area contributed by atoms with Crippen molar-refractivity contribution in [2.75, 3.05) is 13.1 Å². The van der Waals surface area contributed by atoms with Crippen molar-refractivity contribution in [3.8, 4) is 0 Å². The number of aryl methyl sites for hydroxylation is 1. The van der Waals surface area contributed by atoms with E-state index in [1.807, 2.05) is 12.3 Å². The molecule has 1 rings (SSSR count). The molecule has 1 heterocycles. The molecule has 0 aliphatic carbocycles. The lowest BCUT2D eigenvalue weighted by Crippen LogP contribution is -2.54. The lowest BCUT2D eigenvalue weighted by molar-refractivity contribution is -0.131. The van der Waals surface area contributed by atoms with Crippen LogP contribution < -0.4 is 0 Å². The molecule has 0 fully saturated rings. The van der Waals surface area contributed by atoms with E-state index in [1.54, 1.807) is 0 Å². The fraction of sp³-hybridized carbons (Fsp3) is 0.667. The molecule has 118 valence electrons. The van der Waals surface area contributed by atoms with Crippen LogP contribution in [0, 0.1) is 0 Å². The van der Waals surface area contributed by atoms with Crippen LogP contribution in [0.4, 0.5) is 0 Å². The van der Waals surface area contributed by atoms with Gasteiger partial charge in [0.1, 0.15) is 0 Å². The second-order valence-corrected chi connectivity index (χ2v) is 5.52. The third kappa shape index (κ3) is 3.91. The number of nitrogens with zero attached hydrogens (tertiary/aromatic N) is 2. The highest BCUT2D eigenvalue weighted by atomic mass is 16.1. The van der Waals surface area contributed by atoms with Crippen molar-refractivity contribution in [1.82, 2.24) is 9.88 Å². The van der Waals surface area contributed by atoms with Crippen molar-refractivity contribution in [3.63, 3.8) is 0 Å². The van der Waals surface area contributed by atoms with Gasteiger partial charge in [-0.2, -0.15) is 0 Å². The van der Waals surface area contributed by atoms with E-state index in [0.717, 1.165) is 38.0 Å². The zero-order chi connectivity index (χ0) is 15.9. The summed E-state index contributed by atoms with van der Waals surface area (Å²) in [6.45, 7) is 12.4. The molecule has 0 aliphatic rings. The summed E-state index contributed by atoms with van der Waals surface area (Å²) in [5.74, 6) is 0.299. The van der Waals surface area contributed by atoms with Gasteiger partial charge in [-0.3, -0.25) is 14.7 Å². The number of hydrogen-bond acceptors (Lipinski definition) is 3. The lowest BCUT2D eigenvalue weighted by atomic mass is 9.83. The Morgan fingerprint density at radius 3 is 2.10 bits per heavy atom. The summed E-state index contributed by atoms with van der Waals surface area (Å²) in [4.78, 5) is 19.7. The Balaban J connectivity index is 2.95. The number of pyridine rings is 1. The highest BCUT2D eigenvalue weighted by Crippen LogP contribution is 2.26. The molecule has 0 radical (unpaired) electrons. The average Bonchev–Trinajstić information content (AvgIpc) is 2.53. The molecule has 0 aromatic carbocycles. The standard InChI is InChI=1S/C18H30N2O/c1-6-15-11-12-16(19-14-15)13-17(21)18(7-2,8-3)20(9-4)10-5/h11-12,14H,6-10,13H2,1-5H3. The summed E-state index contributed by atoms with van der Waals surface area (Å²) in [7, 11) is 0. The van der Waals surface area contributed by atoms with Crippen molar-refractivity contribution in [3.05, 3.63) is 29.6 Å². The molecule has 0 saturated heterocycles. The predicted molar refractivity (Wildman–Crippen MR) is 88.6 cm³/mol. The quantitative estimate of drug-likeness (QED) is 0.696. The van der Waals surface area contributed by atoms with Gasteiger partial charge in [-0.1, -0.05) is 40.7 Å². The van der Waals surface area contributed by atoms with Crippen LogP contribution in [-0.4, -0.2) is 34.3 Å². The van der Waals surface area contributed by atoms with Gasteiger partial charge in [0.25, 0.3) is 0 Å². The van der Waals surface area contributed by atoms with E-state index < -0.39 is 0 Å². The molecule has 3 heteroatoms. The van der Waals surface area contributed by atoms with Crippen LogP contribution in [0.1, 0.15) is 58.7 Å². The van der Waals surface area contributed by atoms with Gasteiger partial charge in [0.2, 0.25) is 0 Å². The third-order valence-corrected chi connectivity index (χ3v) is 4.69. The van der Waals surface area contributed by atoms with Crippen molar-refractivity contribution in [2.24, 2.45) is 0 Å². The van der Waals surface area contributed by atoms with Gasteiger partial charge in [0.15, 0.2) is 5.78 Å². The molecule has 0 N–H and O–H groups in total. The number of carbonyl (C=O) groups is 1. The zero-order valence-electron chi connectivity index (χ0n) is 14.3. The van der Waals surface area contributed by atoms with Crippen LogP contribution in [0.3, 0.4) is 0 Å². The fourth-order valence-electron chi connectivity index (χ4n) is 3.19. The Bertz CT molecular complexity index is 431. The summed E-state index contributed by atoms with van der Waals surface area (Å²) in [6, 6.07) is 4.07. The maximum absolute atomic E-state index is 12.9. The molecule has 21 heavy (non-hydrogen) atoms. The van der Waals surface area contributed by atoms with Gasteiger partial charge in [-0.25, -0.2) is 0 Å². The van der Waals surface area contributed by atoms with E-state index >= 15 is 0 Å². The Morgan fingerprint density at radius 2 is 1.71 bits per heavy atom. The maximum atomic E-state index is 12.9. The number of hydrogen-bond donors (Lipinski definition) is 0. The van der Waals surface area contributed by atoms with Gasteiger partial charge in [-0.15, -0.1) is 0 Å². The van der Waals surface area contributed by atoms with Gasteiger partial charge in [0.05, 0.1) is 12.0 Å². The largest absolute Gasteiger partial charge is 0.297 e. The summed E-state index contributed by atoms with van der Waals surface area (Å²) >= 11 is 0. The molecular weight excluding hydrogens is 260 g/mol. The number of Topliss-reactive ketones (excluding diaryl/α,β-unsaturated/α-hetero) is 1. The molecule has 0 bridgehead atoms. The van der Waals surface area contributed by atoms with E-state index in [0.29, 0.717) is 12.2 Å². The number of likely N-dealkylation sites (N-methyl/N-ethyl adjacent to an activating group) is 1. The lowest BCUT2D eigenvalue weighted by Gasteiger charge is -2.41. The molecule has 0 atom stereocenters. The minimum atomic E-state index is -0.339. The van der Waals surface area contributed by atoms with Gasteiger partial charge < -0.3 is 0 Å². The first-order valence-electron chi connectivity index (χ1n) is 8.29. The third-order valence-electron chi connectivity index (χ3n) is 4.69. The Morgan fingerprint density at radius 1 is 1.10 bits per heavy atom. The van der Waals surface area contributed by atoms with Crippen molar-refractivity contribution >= 4 is 5.78 Å². The first-order valence-corrected chi connectivity index (χ1v) is 8.29. The minimum absolute atomic E-state index is 0.299. The highest BCUT2D eigenvalue weighted by Gasteiger charge is 2.38. The Labute approximate surface area is 129 Å². The summed E-state index contributed by atoms with van der Waals surface area (Å²) in [5, 5.41) is 0. The molecule has 0 amide bonds. The van der Waals surface area contributed by atoms with Crippen LogP contribution in [0.5, 0.6) is 0 Å². The summed E-state index contributed by atoms with van der Waals surface area (Å²) in [6.07, 6.45) is 5.02. The maximum Gasteiger partial charge on any atom is 0.158 e. The SMILES string of the molecule is CCc1ccc(CC(=O)C(CC)(CC)N(CC)CC)nc1. The average molecular weight is 290 g/mol. The number of aromatic nitrogens is 1. The van der Waals surface area contributed by atoms with E-state index in [1.165, 1.54) is 5.56 Å². The molecular formula is C18H30N2O.